The van der Waals surface area contributed by atoms with Gasteiger partial charge in [-0.15, -0.1) is 0 Å². The molecule has 2 heteroatoms. The third-order valence-electron chi connectivity index (χ3n) is 3.34. The Morgan fingerprint density at radius 3 is 2.72 bits per heavy atom. The van der Waals surface area contributed by atoms with Gasteiger partial charge in [0.2, 0.25) is 0 Å². The van der Waals surface area contributed by atoms with E-state index in [4.69, 9.17) is 0 Å². The molecule has 2 rings (SSSR count). The predicted molar refractivity (Wildman–Crippen MR) is 80.4 cm³/mol. The number of hydrogen-bond donors (Lipinski definition) is 1. The Morgan fingerprint density at radius 2 is 2.06 bits per heavy atom. The molecular formula is C16H21NS. The predicted octanol–water partition coefficient (Wildman–Crippen LogP) is 4.26. The molecule has 0 aliphatic carbocycles. The van der Waals surface area contributed by atoms with Gasteiger partial charge in [0.15, 0.2) is 0 Å². The zero-order chi connectivity index (χ0) is 13.0. The lowest BCUT2D eigenvalue weighted by atomic mass is 10.0. The van der Waals surface area contributed by atoms with Crippen molar-refractivity contribution in [2.45, 2.75) is 33.2 Å². The van der Waals surface area contributed by atoms with E-state index in [1.165, 1.54) is 22.3 Å². The molecule has 0 radical (unpaired) electrons. The molecule has 1 unspecified atom stereocenters. The van der Waals surface area contributed by atoms with Gasteiger partial charge in [-0.25, -0.2) is 0 Å². The summed E-state index contributed by atoms with van der Waals surface area (Å²) < 4.78 is 0. The van der Waals surface area contributed by atoms with Crippen LogP contribution in [-0.4, -0.2) is 6.54 Å². The van der Waals surface area contributed by atoms with Crippen molar-refractivity contribution in [3.63, 3.8) is 0 Å². The second-order valence-electron chi connectivity index (χ2n) is 4.92. The Balaban J connectivity index is 1.89. The van der Waals surface area contributed by atoms with Crippen LogP contribution in [-0.2, 0) is 6.42 Å². The minimum Gasteiger partial charge on any atom is -0.310 e. The van der Waals surface area contributed by atoms with E-state index in [1.54, 1.807) is 11.3 Å². The number of benzene rings is 1. The highest BCUT2D eigenvalue weighted by Crippen LogP contribution is 2.18. The molecule has 96 valence electrons. The lowest BCUT2D eigenvalue weighted by Gasteiger charge is -2.17. The van der Waals surface area contributed by atoms with Gasteiger partial charge in [0, 0.05) is 6.04 Å². The summed E-state index contributed by atoms with van der Waals surface area (Å²) in [4.78, 5) is 0. The van der Waals surface area contributed by atoms with Gasteiger partial charge in [-0.05, 0) is 67.3 Å². The van der Waals surface area contributed by atoms with Gasteiger partial charge in [0.25, 0.3) is 0 Å². The molecule has 1 nitrogen and oxygen atoms in total. The third-order valence-corrected chi connectivity index (χ3v) is 4.07. The van der Waals surface area contributed by atoms with E-state index in [0.717, 1.165) is 13.0 Å². The largest absolute Gasteiger partial charge is 0.310 e. The van der Waals surface area contributed by atoms with Crippen LogP contribution in [0.5, 0.6) is 0 Å². The summed E-state index contributed by atoms with van der Waals surface area (Å²) in [5.41, 5.74) is 5.55. The Hall–Kier alpha value is -1.12. The minimum absolute atomic E-state index is 0.421. The van der Waals surface area contributed by atoms with Crippen LogP contribution in [0.3, 0.4) is 0 Å². The monoisotopic (exact) mass is 259 g/mol. The number of rotatable bonds is 5. The van der Waals surface area contributed by atoms with E-state index in [9.17, 15) is 0 Å². The van der Waals surface area contributed by atoms with Crippen molar-refractivity contribution in [1.82, 2.24) is 5.32 Å². The first kappa shape index (κ1) is 13.3. The topological polar surface area (TPSA) is 12.0 Å². The smallest absolute Gasteiger partial charge is 0.0294 e. The van der Waals surface area contributed by atoms with Crippen LogP contribution in [0.15, 0.2) is 35.0 Å². The highest BCUT2D eigenvalue weighted by atomic mass is 32.1. The molecule has 1 N–H and O–H groups in total. The number of nitrogens with one attached hydrogen (secondary N) is 1. The quantitative estimate of drug-likeness (QED) is 0.846. The molecule has 2 aromatic rings. The summed E-state index contributed by atoms with van der Waals surface area (Å²) in [6.45, 7) is 7.61. The molecule has 1 aromatic carbocycles. The van der Waals surface area contributed by atoms with Crippen molar-refractivity contribution < 1.29 is 0 Å². The maximum Gasteiger partial charge on any atom is 0.0294 e. The average Bonchev–Trinajstić information content (AvgIpc) is 2.81. The Bertz CT molecular complexity index is 488. The first-order chi connectivity index (χ1) is 8.66. The van der Waals surface area contributed by atoms with Crippen LogP contribution >= 0.6 is 11.3 Å². The summed E-state index contributed by atoms with van der Waals surface area (Å²) in [6, 6.07) is 9.32. The summed E-state index contributed by atoms with van der Waals surface area (Å²) >= 11 is 1.77. The van der Waals surface area contributed by atoms with Gasteiger partial charge in [0.1, 0.15) is 0 Å². The Morgan fingerprint density at radius 1 is 1.22 bits per heavy atom. The molecule has 0 saturated heterocycles. The third kappa shape index (κ3) is 3.44. The van der Waals surface area contributed by atoms with Crippen LogP contribution < -0.4 is 5.32 Å². The number of thiophene rings is 1. The fourth-order valence-corrected chi connectivity index (χ4v) is 2.99. The van der Waals surface area contributed by atoms with E-state index in [0.29, 0.717) is 6.04 Å². The van der Waals surface area contributed by atoms with Crippen LogP contribution in [0.4, 0.5) is 0 Å². The zero-order valence-electron chi connectivity index (χ0n) is 11.4. The van der Waals surface area contributed by atoms with Crippen molar-refractivity contribution in [2.75, 3.05) is 6.54 Å². The van der Waals surface area contributed by atoms with Crippen molar-refractivity contribution in [3.05, 3.63) is 57.3 Å². The molecule has 0 fully saturated rings. The van der Waals surface area contributed by atoms with Crippen molar-refractivity contribution in [2.24, 2.45) is 0 Å². The van der Waals surface area contributed by atoms with E-state index < -0.39 is 0 Å². The Labute approximate surface area is 114 Å². The Kier molecular flexibility index (Phi) is 4.56. The fraction of sp³-hybridized carbons (Fsp3) is 0.375. The average molecular weight is 259 g/mol. The first-order valence-corrected chi connectivity index (χ1v) is 7.42. The second-order valence-corrected chi connectivity index (χ2v) is 5.70. The van der Waals surface area contributed by atoms with Crippen molar-refractivity contribution in [3.8, 4) is 0 Å². The second kappa shape index (κ2) is 6.17. The van der Waals surface area contributed by atoms with Gasteiger partial charge >= 0.3 is 0 Å². The normalized spacial score (nSPS) is 12.6. The van der Waals surface area contributed by atoms with E-state index >= 15 is 0 Å². The number of aryl methyl sites for hydroxylation is 2. The van der Waals surface area contributed by atoms with Crippen molar-refractivity contribution >= 4 is 11.3 Å². The molecule has 0 aliphatic heterocycles. The molecule has 0 bridgehead atoms. The summed E-state index contributed by atoms with van der Waals surface area (Å²) in [7, 11) is 0. The van der Waals surface area contributed by atoms with Gasteiger partial charge in [-0.2, -0.15) is 11.3 Å². The van der Waals surface area contributed by atoms with Gasteiger partial charge in [-0.3, -0.25) is 0 Å². The molecule has 1 aromatic heterocycles. The SMILES string of the molecule is Cc1ccc(C(C)NCCc2ccsc2)c(C)c1. The molecule has 18 heavy (non-hydrogen) atoms. The molecule has 0 saturated carbocycles. The van der Waals surface area contributed by atoms with Crippen LogP contribution in [0.1, 0.15) is 35.2 Å². The molecule has 1 atom stereocenters. The van der Waals surface area contributed by atoms with Crippen LogP contribution in [0.25, 0.3) is 0 Å². The zero-order valence-corrected chi connectivity index (χ0v) is 12.2. The van der Waals surface area contributed by atoms with E-state index in [1.807, 2.05) is 0 Å². The lowest BCUT2D eigenvalue weighted by molar-refractivity contribution is 0.574. The molecule has 0 amide bonds. The van der Waals surface area contributed by atoms with Gasteiger partial charge in [-0.1, -0.05) is 23.8 Å². The maximum atomic E-state index is 3.60. The van der Waals surface area contributed by atoms with Gasteiger partial charge in [0.05, 0.1) is 0 Å². The van der Waals surface area contributed by atoms with Crippen LogP contribution in [0, 0.1) is 13.8 Å². The first-order valence-electron chi connectivity index (χ1n) is 6.48. The lowest BCUT2D eigenvalue weighted by Crippen LogP contribution is -2.21. The minimum atomic E-state index is 0.421. The summed E-state index contributed by atoms with van der Waals surface area (Å²) in [6.07, 6.45) is 1.11. The maximum absolute atomic E-state index is 3.60. The standard InChI is InChI=1S/C16H21NS/c1-12-4-5-16(13(2)10-12)14(3)17-8-6-15-7-9-18-11-15/h4-5,7,9-11,14,17H,6,8H2,1-3H3. The summed E-state index contributed by atoms with van der Waals surface area (Å²) in [5.74, 6) is 0. The van der Waals surface area contributed by atoms with Crippen molar-refractivity contribution in [1.29, 1.82) is 0 Å². The fourth-order valence-electron chi connectivity index (χ4n) is 2.29. The highest BCUT2D eigenvalue weighted by Gasteiger charge is 2.07. The van der Waals surface area contributed by atoms with E-state index in [2.05, 4.69) is 61.1 Å². The summed E-state index contributed by atoms with van der Waals surface area (Å²) in [5, 5.41) is 7.97. The molecule has 1 heterocycles. The molecular weight excluding hydrogens is 238 g/mol. The molecule has 0 aliphatic rings. The van der Waals surface area contributed by atoms with E-state index in [-0.39, 0.29) is 0 Å². The molecule has 0 spiro atoms. The van der Waals surface area contributed by atoms with Crippen LogP contribution in [0.2, 0.25) is 0 Å². The highest BCUT2D eigenvalue weighted by molar-refractivity contribution is 7.07. The number of hydrogen-bond acceptors (Lipinski definition) is 2. The van der Waals surface area contributed by atoms with Gasteiger partial charge < -0.3 is 5.32 Å².